The molecule has 1 amide bonds. The van der Waals surface area contributed by atoms with Crippen LogP contribution in [0.25, 0.3) is 0 Å². The normalized spacial score (nSPS) is 18.2. The Bertz CT molecular complexity index is 480. The van der Waals surface area contributed by atoms with Crippen molar-refractivity contribution < 1.29 is 19.4 Å². The predicted molar refractivity (Wildman–Crippen MR) is 73.5 cm³/mol. The van der Waals surface area contributed by atoms with Gasteiger partial charge in [-0.1, -0.05) is 31.0 Å². The lowest BCUT2D eigenvalue weighted by Gasteiger charge is -2.27. The Balaban J connectivity index is 1.98. The monoisotopic (exact) mass is 277 g/mol. The van der Waals surface area contributed by atoms with Crippen molar-refractivity contribution in [3.8, 4) is 5.75 Å². The molecule has 0 aromatic heterocycles. The third-order valence-electron chi connectivity index (χ3n) is 3.65. The Morgan fingerprint density at radius 3 is 2.40 bits per heavy atom. The molecule has 1 aliphatic rings. The molecule has 1 atom stereocenters. The first-order chi connectivity index (χ1) is 9.53. The number of carbonyl (C=O) groups is 2. The fourth-order valence-corrected chi connectivity index (χ4v) is 2.47. The van der Waals surface area contributed by atoms with Gasteiger partial charge in [0.1, 0.15) is 11.3 Å². The van der Waals surface area contributed by atoms with E-state index < -0.39 is 23.5 Å². The number of ether oxygens (including phenoxy) is 1. The van der Waals surface area contributed by atoms with Gasteiger partial charge in [0.25, 0.3) is 5.91 Å². The van der Waals surface area contributed by atoms with E-state index in [0.717, 1.165) is 12.8 Å². The van der Waals surface area contributed by atoms with Crippen LogP contribution in [0, 0.1) is 0 Å². The topological polar surface area (TPSA) is 75.6 Å². The van der Waals surface area contributed by atoms with Crippen LogP contribution in [0.4, 0.5) is 0 Å². The number of para-hydroxylation sites is 1. The molecule has 2 N–H and O–H groups in total. The summed E-state index contributed by atoms with van der Waals surface area (Å²) < 4.78 is 5.51. The van der Waals surface area contributed by atoms with Crippen LogP contribution in [0.1, 0.15) is 32.6 Å². The third-order valence-corrected chi connectivity index (χ3v) is 3.65. The molecule has 0 aliphatic heterocycles. The molecular formula is C15H19NO4. The van der Waals surface area contributed by atoms with Crippen molar-refractivity contribution in [1.82, 2.24) is 5.32 Å². The summed E-state index contributed by atoms with van der Waals surface area (Å²) in [4.78, 5) is 23.5. The molecule has 0 saturated heterocycles. The van der Waals surface area contributed by atoms with Crippen molar-refractivity contribution in [1.29, 1.82) is 0 Å². The summed E-state index contributed by atoms with van der Waals surface area (Å²) in [5, 5.41) is 12.0. The largest absolute Gasteiger partial charge is 0.481 e. The molecule has 1 aliphatic carbocycles. The maximum atomic E-state index is 12.1. The number of carboxylic acids is 1. The highest BCUT2D eigenvalue weighted by Crippen LogP contribution is 2.30. The molecule has 5 nitrogen and oxygen atoms in total. The van der Waals surface area contributed by atoms with Crippen molar-refractivity contribution in [2.75, 3.05) is 0 Å². The molecule has 5 heteroatoms. The van der Waals surface area contributed by atoms with Gasteiger partial charge in [0, 0.05) is 0 Å². The van der Waals surface area contributed by atoms with Gasteiger partial charge < -0.3 is 15.2 Å². The summed E-state index contributed by atoms with van der Waals surface area (Å²) in [5.74, 6) is -0.764. The van der Waals surface area contributed by atoms with E-state index in [1.54, 1.807) is 19.1 Å². The molecule has 0 spiro atoms. The molecule has 1 aromatic rings. The number of amides is 1. The van der Waals surface area contributed by atoms with Gasteiger partial charge in [0.15, 0.2) is 6.10 Å². The summed E-state index contributed by atoms with van der Waals surface area (Å²) in [6.45, 7) is 1.62. The quantitative estimate of drug-likeness (QED) is 0.862. The van der Waals surface area contributed by atoms with Crippen molar-refractivity contribution in [3.63, 3.8) is 0 Å². The predicted octanol–water partition coefficient (Wildman–Crippen LogP) is 1.97. The molecule has 1 unspecified atom stereocenters. The van der Waals surface area contributed by atoms with E-state index in [0.29, 0.717) is 18.6 Å². The number of aliphatic carboxylic acids is 1. The van der Waals surface area contributed by atoms with Crippen LogP contribution in [0.2, 0.25) is 0 Å². The third kappa shape index (κ3) is 3.10. The molecule has 1 saturated carbocycles. The Labute approximate surface area is 117 Å². The molecule has 0 radical (unpaired) electrons. The molecule has 0 bridgehead atoms. The highest BCUT2D eigenvalue weighted by molar-refractivity contribution is 5.89. The zero-order valence-electron chi connectivity index (χ0n) is 11.5. The first-order valence-electron chi connectivity index (χ1n) is 6.81. The van der Waals surface area contributed by atoms with E-state index in [1.807, 2.05) is 18.2 Å². The van der Waals surface area contributed by atoms with E-state index in [1.165, 1.54) is 0 Å². The van der Waals surface area contributed by atoms with Crippen molar-refractivity contribution in [3.05, 3.63) is 30.3 Å². The number of rotatable bonds is 5. The highest BCUT2D eigenvalue weighted by atomic mass is 16.5. The van der Waals surface area contributed by atoms with Crippen LogP contribution in [-0.4, -0.2) is 28.6 Å². The lowest BCUT2D eigenvalue weighted by molar-refractivity contribution is -0.148. The Kier molecular flexibility index (Phi) is 4.27. The molecule has 20 heavy (non-hydrogen) atoms. The van der Waals surface area contributed by atoms with Gasteiger partial charge in [0.2, 0.25) is 0 Å². The summed E-state index contributed by atoms with van der Waals surface area (Å²) in [7, 11) is 0. The van der Waals surface area contributed by atoms with Crippen molar-refractivity contribution >= 4 is 11.9 Å². The zero-order chi connectivity index (χ0) is 14.6. The number of carboxylic acid groups (broad SMARTS) is 1. The minimum atomic E-state index is -1.12. The van der Waals surface area contributed by atoms with E-state index in [-0.39, 0.29) is 0 Å². The molecule has 1 aromatic carbocycles. The van der Waals surface area contributed by atoms with Crippen LogP contribution in [0.5, 0.6) is 5.75 Å². The molecular weight excluding hydrogens is 258 g/mol. The zero-order valence-corrected chi connectivity index (χ0v) is 11.5. The summed E-state index contributed by atoms with van der Waals surface area (Å²) in [6.07, 6.45) is 1.87. The average Bonchev–Trinajstić information content (AvgIpc) is 2.89. The second-order valence-corrected chi connectivity index (χ2v) is 5.16. The number of nitrogens with one attached hydrogen (secondary N) is 1. The van der Waals surface area contributed by atoms with Crippen LogP contribution in [-0.2, 0) is 9.59 Å². The maximum Gasteiger partial charge on any atom is 0.329 e. The lowest BCUT2D eigenvalue weighted by Crippen LogP contribution is -2.55. The average molecular weight is 277 g/mol. The van der Waals surface area contributed by atoms with Crippen LogP contribution >= 0.6 is 0 Å². The number of benzene rings is 1. The van der Waals surface area contributed by atoms with E-state index in [4.69, 9.17) is 4.74 Å². The number of hydrogen-bond acceptors (Lipinski definition) is 3. The standard InChI is InChI=1S/C15H19NO4/c1-11(20-12-7-3-2-4-8-12)13(17)16-15(14(18)19)9-5-6-10-15/h2-4,7-8,11H,5-6,9-10H2,1H3,(H,16,17)(H,18,19). The van der Waals surface area contributed by atoms with Gasteiger partial charge in [-0.15, -0.1) is 0 Å². The van der Waals surface area contributed by atoms with Crippen LogP contribution in [0.15, 0.2) is 30.3 Å². The second-order valence-electron chi connectivity index (χ2n) is 5.16. The fourth-order valence-electron chi connectivity index (χ4n) is 2.47. The minimum Gasteiger partial charge on any atom is -0.481 e. The van der Waals surface area contributed by atoms with Gasteiger partial charge in [-0.25, -0.2) is 4.79 Å². The Morgan fingerprint density at radius 2 is 1.85 bits per heavy atom. The first-order valence-corrected chi connectivity index (χ1v) is 6.81. The minimum absolute atomic E-state index is 0.391. The number of carbonyl (C=O) groups excluding carboxylic acids is 1. The second kappa shape index (κ2) is 5.94. The van der Waals surface area contributed by atoms with E-state index in [9.17, 15) is 14.7 Å². The summed E-state index contributed by atoms with van der Waals surface area (Å²) >= 11 is 0. The van der Waals surface area contributed by atoms with Gasteiger partial charge in [0.05, 0.1) is 0 Å². The van der Waals surface area contributed by atoms with Crippen molar-refractivity contribution in [2.45, 2.75) is 44.2 Å². The van der Waals surface area contributed by atoms with Gasteiger partial charge in [-0.3, -0.25) is 4.79 Å². The Hall–Kier alpha value is -2.04. The molecule has 1 fully saturated rings. The summed E-state index contributed by atoms with van der Waals surface area (Å²) in [6, 6.07) is 9.00. The maximum absolute atomic E-state index is 12.1. The van der Waals surface area contributed by atoms with E-state index >= 15 is 0 Å². The SMILES string of the molecule is CC(Oc1ccccc1)C(=O)NC1(C(=O)O)CCCC1. The van der Waals surface area contributed by atoms with Gasteiger partial charge >= 0.3 is 5.97 Å². The summed E-state index contributed by atoms with van der Waals surface area (Å²) in [5.41, 5.74) is -1.12. The lowest BCUT2D eigenvalue weighted by atomic mass is 9.97. The van der Waals surface area contributed by atoms with Crippen LogP contribution in [0.3, 0.4) is 0 Å². The first kappa shape index (κ1) is 14.4. The van der Waals surface area contributed by atoms with E-state index in [2.05, 4.69) is 5.32 Å². The molecule has 2 rings (SSSR count). The highest BCUT2D eigenvalue weighted by Gasteiger charge is 2.43. The number of hydrogen-bond donors (Lipinski definition) is 2. The molecule has 0 heterocycles. The molecule has 108 valence electrons. The van der Waals surface area contributed by atoms with Gasteiger partial charge in [-0.2, -0.15) is 0 Å². The van der Waals surface area contributed by atoms with Crippen molar-refractivity contribution in [2.24, 2.45) is 0 Å². The van der Waals surface area contributed by atoms with Crippen LogP contribution < -0.4 is 10.1 Å². The fraction of sp³-hybridized carbons (Fsp3) is 0.467. The smallest absolute Gasteiger partial charge is 0.329 e. The Morgan fingerprint density at radius 1 is 1.25 bits per heavy atom. The van der Waals surface area contributed by atoms with Gasteiger partial charge in [-0.05, 0) is 31.9 Å².